The number of aliphatic imine (C=N–C) groups is 1. The molecular formula is C16H20N2O5S2. The highest BCUT2D eigenvalue weighted by molar-refractivity contribution is 8.15. The van der Waals surface area contributed by atoms with Gasteiger partial charge in [0.25, 0.3) is 5.91 Å². The molecule has 2 aliphatic heterocycles. The van der Waals surface area contributed by atoms with E-state index in [1.54, 1.807) is 7.11 Å². The maximum atomic E-state index is 12.0. The molecule has 2 aliphatic rings. The molecule has 0 radical (unpaired) electrons. The van der Waals surface area contributed by atoms with Gasteiger partial charge in [0.15, 0.2) is 15.0 Å². The van der Waals surface area contributed by atoms with Gasteiger partial charge < -0.3 is 14.4 Å². The zero-order chi connectivity index (χ0) is 18.0. The normalized spacial score (nSPS) is 26.0. The number of nitrogens with zero attached hydrogens (tertiary/aromatic N) is 2. The lowest BCUT2D eigenvalue weighted by Crippen LogP contribution is -2.37. The van der Waals surface area contributed by atoms with Crippen LogP contribution in [0.5, 0.6) is 5.75 Å². The minimum atomic E-state index is -3.05. The molecule has 2 fully saturated rings. The minimum Gasteiger partial charge on any atom is -0.497 e. The van der Waals surface area contributed by atoms with Crippen molar-refractivity contribution in [2.75, 3.05) is 32.3 Å². The third-order valence-corrected chi connectivity index (χ3v) is 7.42. The lowest BCUT2D eigenvalue weighted by Gasteiger charge is -2.24. The van der Waals surface area contributed by atoms with E-state index in [4.69, 9.17) is 9.47 Å². The van der Waals surface area contributed by atoms with Gasteiger partial charge in [-0.1, -0.05) is 23.9 Å². The fourth-order valence-electron chi connectivity index (χ4n) is 3.01. The quantitative estimate of drug-likeness (QED) is 0.747. The molecule has 2 atom stereocenters. The van der Waals surface area contributed by atoms with Crippen LogP contribution in [0.2, 0.25) is 0 Å². The number of thioether (sulfide) groups is 1. The summed E-state index contributed by atoms with van der Waals surface area (Å²) < 4.78 is 33.9. The van der Waals surface area contributed by atoms with Gasteiger partial charge in [0.1, 0.15) is 12.4 Å². The van der Waals surface area contributed by atoms with Crippen LogP contribution in [0.25, 0.3) is 0 Å². The molecule has 136 valence electrons. The molecule has 0 aromatic heterocycles. The summed E-state index contributed by atoms with van der Waals surface area (Å²) in [6.45, 7) is 0.404. The Labute approximate surface area is 151 Å². The molecule has 0 saturated carbocycles. The molecule has 1 amide bonds. The van der Waals surface area contributed by atoms with E-state index in [2.05, 4.69) is 4.99 Å². The standard InChI is InChI=1S/C16H20N2O5S2/c1-22-8-15(19)17-16-18(7-11-3-5-12(23-2)6-4-11)13-9-25(20,21)10-14(13)24-16/h3-6,13-14H,7-10H2,1-2H3/t13-,14+/m1/s1. The summed E-state index contributed by atoms with van der Waals surface area (Å²) >= 11 is 1.37. The molecule has 0 aliphatic carbocycles. The molecule has 0 unspecified atom stereocenters. The number of methoxy groups -OCH3 is 2. The van der Waals surface area contributed by atoms with Crippen LogP contribution >= 0.6 is 11.8 Å². The number of amides is 1. The molecule has 0 N–H and O–H groups in total. The van der Waals surface area contributed by atoms with Crippen LogP contribution in [-0.2, 0) is 25.9 Å². The second kappa shape index (κ2) is 7.35. The monoisotopic (exact) mass is 384 g/mol. The van der Waals surface area contributed by atoms with Crippen LogP contribution < -0.4 is 4.74 Å². The van der Waals surface area contributed by atoms with Crippen LogP contribution in [0.1, 0.15) is 5.56 Å². The van der Waals surface area contributed by atoms with Gasteiger partial charge in [-0.15, -0.1) is 0 Å². The van der Waals surface area contributed by atoms with E-state index < -0.39 is 9.84 Å². The molecule has 25 heavy (non-hydrogen) atoms. The molecule has 0 spiro atoms. The van der Waals surface area contributed by atoms with Crippen molar-refractivity contribution < 1.29 is 22.7 Å². The molecule has 7 nitrogen and oxygen atoms in total. The number of carbonyl (C=O) groups is 1. The number of ether oxygens (including phenoxy) is 2. The Morgan fingerprint density at radius 1 is 1.28 bits per heavy atom. The molecule has 1 aromatic rings. The maximum absolute atomic E-state index is 12.0. The Morgan fingerprint density at radius 3 is 2.64 bits per heavy atom. The van der Waals surface area contributed by atoms with Crippen molar-refractivity contribution in [3.05, 3.63) is 29.8 Å². The van der Waals surface area contributed by atoms with Gasteiger partial charge in [0, 0.05) is 18.9 Å². The Kier molecular flexibility index (Phi) is 5.35. The number of carbonyl (C=O) groups excluding carboxylic acids is 1. The SMILES string of the molecule is COCC(=O)N=C1S[C@H]2CS(=O)(=O)C[C@H]2N1Cc1ccc(OC)cc1. The minimum absolute atomic E-state index is 0.0858. The first kappa shape index (κ1) is 18.2. The van der Waals surface area contributed by atoms with E-state index in [1.165, 1.54) is 18.9 Å². The van der Waals surface area contributed by atoms with E-state index >= 15 is 0 Å². The third-order valence-electron chi connectivity index (χ3n) is 4.17. The average molecular weight is 384 g/mol. The fourth-order valence-corrected chi connectivity index (χ4v) is 6.98. The lowest BCUT2D eigenvalue weighted by molar-refractivity contribution is -0.121. The van der Waals surface area contributed by atoms with Gasteiger partial charge in [0.2, 0.25) is 0 Å². The summed E-state index contributed by atoms with van der Waals surface area (Å²) in [5.41, 5.74) is 0.998. The van der Waals surface area contributed by atoms with Crippen molar-refractivity contribution >= 4 is 32.7 Å². The second-order valence-electron chi connectivity index (χ2n) is 6.00. The summed E-state index contributed by atoms with van der Waals surface area (Å²) in [6, 6.07) is 7.40. The van der Waals surface area contributed by atoms with Crippen molar-refractivity contribution in [1.82, 2.24) is 4.90 Å². The van der Waals surface area contributed by atoms with Crippen LogP contribution in [-0.4, -0.2) is 68.0 Å². The Balaban J connectivity index is 1.84. The lowest BCUT2D eigenvalue weighted by atomic mass is 10.1. The van der Waals surface area contributed by atoms with Crippen molar-refractivity contribution in [1.29, 1.82) is 0 Å². The summed E-state index contributed by atoms with van der Waals surface area (Å²) in [6.07, 6.45) is 0. The first-order valence-electron chi connectivity index (χ1n) is 7.79. The summed E-state index contributed by atoms with van der Waals surface area (Å²) in [7, 11) is -0.00638. The topological polar surface area (TPSA) is 85.3 Å². The zero-order valence-corrected chi connectivity index (χ0v) is 15.7. The zero-order valence-electron chi connectivity index (χ0n) is 14.0. The highest BCUT2D eigenvalue weighted by atomic mass is 32.2. The predicted octanol–water partition coefficient (Wildman–Crippen LogP) is 0.939. The first-order chi connectivity index (χ1) is 11.9. The number of sulfone groups is 1. The number of fused-ring (bicyclic) bond motifs is 1. The Morgan fingerprint density at radius 2 is 2.00 bits per heavy atom. The molecule has 2 saturated heterocycles. The maximum Gasteiger partial charge on any atom is 0.274 e. The Hall–Kier alpha value is -1.58. The van der Waals surface area contributed by atoms with E-state index in [-0.39, 0.29) is 35.3 Å². The van der Waals surface area contributed by atoms with Crippen molar-refractivity contribution in [2.45, 2.75) is 17.8 Å². The van der Waals surface area contributed by atoms with Gasteiger partial charge >= 0.3 is 0 Å². The highest BCUT2D eigenvalue weighted by Gasteiger charge is 2.48. The van der Waals surface area contributed by atoms with Crippen molar-refractivity contribution in [3.63, 3.8) is 0 Å². The highest BCUT2D eigenvalue weighted by Crippen LogP contribution is 2.39. The number of hydrogen-bond acceptors (Lipinski definition) is 6. The van der Waals surface area contributed by atoms with Gasteiger partial charge in [-0.25, -0.2) is 8.42 Å². The average Bonchev–Trinajstić information content (AvgIpc) is 3.01. The molecule has 1 aromatic carbocycles. The number of rotatable bonds is 5. The van der Waals surface area contributed by atoms with E-state index in [9.17, 15) is 13.2 Å². The van der Waals surface area contributed by atoms with E-state index in [0.29, 0.717) is 11.7 Å². The number of amidine groups is 1. The Bertz CT molecular complexity index is 776. The molecule has 2 heterocycles. The van der Waals surface area contributed by atoms with Gasteiger partial charge in [-0.2, -0.15) is 4.99 Å². The molecular weight excluding hydrogens is 364 g/mol. The van der Waals surface area contributed by atoms with Crippen molar-refractivity contribution in [3.8, 4) is 5.75 Å². The van der Waals surface area contributed by atoms with Crippen LogP contribution in [0.3, 0.4) is 0 Å². The third kappa shape index (κ3) is 4.16. The van der Waals surface area contributed by atoms with Gasteiger partial charge in [-0.05, 0) is 17.7 Å². The summed E-state index contributed by atoms with van der Waals surface area (Å²) in [4.78, 5) is 17.9. The smallest absolute Gasteiger partial charge is 0.274 e. The van der Waals surface area contributed by atoms with Gasteiger partial charge in [-0.3, -0.25) is 4.79 Å². The first-order valence-corrected chi connectivity index (χ1v) is 10.5. The molecule has 9 heteroatoms. The van der Waals surface area contributed by atoms with Crippen LogP contribution in [0.4, 0.5) is 0 Å². The summed E-state index contributed by atoms with van der Waals surface area (Å²) in [5, 5.41) is 0.486. The number of hydrogen-bond donors (Lipinski definition) is 0. The largest absolute Gasteiger partial charge is 0.497 e. The van der Waals surface area contributed by atoms with Gasteiger partial charge in [0.05, 0.1) is 24.7 Å². The van der Waals surface area contributed by atoms with Crippen LogP contribution in [0.15, 0.2) is 29.3 Å². The molecule has 0 bridgehead atoms. The molecule has 3 rings (SSSR count). The van der Waals surface area contributed by atoms with E-state index in [1.807, 2.05) is 29.2 Å². The van der Waals surface area contributed by atoms with Crippen LogP contribution in [0, 0.1) is 0 Å². The predicted molar refractivity (Wildman–Crippen MR) is 96.7 cm³/mol. The summed E-state index contributed by atoms with van der Waals surface area (Å²) in [5.74, 6) is 0.606. The second-order valence-corrected chi connectivity index (χ2v) is 9.36. The van der Waals surface area contributed by atoms with Crippen molar-refractivity contribution in [2.24, 2.45) is 4.99 Å². The van der Waals surface area contributed by atoms with E-state index in [0.717, 1.165) is 11.3 Å². The number of benzene rings is 1. The fraction of sp³-hybridized carbons (Fsp3) is 0.500.